The zero-order chi connectivity index (χ0) is 17.5. The average molecular weight is 330 g/mol. The maximum absolute atomic E-state index is 11.7. The molecule has 0 saturated heterocycles. The van der Waals surface area contributed by atoms with Crippen molar-refractivity contribution in [1.82, 2.24) is 10.1 Å². The van der Waals surface area contributed by atoms with E-state index in [1.54, 1.807) is 6.92 Å². The quantitative estimate of drug-likeness (QED) is 0.898. The van der Waals surface area contributed by atoms with E-state index < -0.39 is 6.10 Å². The third-order valence-corrected chi connectivity index (χ3v) is 3.78. The molecule has 128 valence electrons. The predicted molar refractivity (Wildman–Crippen MR) is 90.2 cm³/mol. The minimum atomic E-state index is -0.482. The third-order valence-electron chi connectivity index (χ3n) is 3.78. The Morgan fingerprint density at radius 2 is 2.08 bits per heavy atom. The van der Waals surface area contributed by atoms with Gasteiger partial charge in [-0.2, -0.15) is 4.98 Å². The molecule has 1 aliphatic rings. The molecule has 1 amide bonds. The largest absolute Gasteiger partial charge is 0.479 e. The van der Waals surface area contributed by atoms with Crippen LogP contribution in [-0.4, -0.2) is 22.2 Å². The maximum Gasteiger partial charge on any atom is 0.265 e. The number of benzene rings is 1. The predicted octanol–water partition coefficient (Wildman–Crippen LogP) is 3.26. The van der Waals surface area contributed by atoms with Gasteiger partial charge in [0.1, 0.15) is 11.8 Å². The Balaban J connectivity index is 1.75. The summed E-state index contributed by atoms with van der Waals surface area (Å²) in [6.45, 7) is 9.76. The Kier molecular flexibility index (Phi) is 3.95. The van der Waals surface area contributed by atoms with E-state index in [0.717, 1.165) is 5.69 Å². The second kappa shape index (κ2) is 5.81. The molecule has 2 heterocycles. The number of rotatable bonds is 3. The lowest BCUT2D eigenvalue weighted by Gasteiger charge is -2.24. The number of carbonyl (C=O) groups is 1. The van der Waals surface area contributed by atoms with Crippen molar-refractivity contribution in [2.24, 2.45) is 0 Å². The fourth-order valence-electron chi connectivity index (χ4n) is 2.33. The van der Waals surface area contributed by atoms with Crippen LogP contribution in [0.3, 0.4) is 0 Å². The highest BCUT2D eigenvalue weighted by molar-refractivity contribution is 5.98. The van der Waals surface area contributed by atoms with E-state index >= 15 is 0 Å². The summed E-state index contributed by atoms with van der Waals surface area (Å²) < 4.78 is 10.9. The summed E-state index contributed by atoms with van der Waals surface area (Å²) in [4.78, 5) is 16.2. The Bertz CT molecular complexity index is 763. The lowest BCUT2D eigenvalue weighted by Crippen LogP contribution is -2.34. The summed E-state index contributed by atoms with van der Waals surface area (Å²) in [7, 11) is 0. The lowest BCUT2D eigenvalue weighted by molar-refractivity contribution is -0.122. The first-order valence-electron chi connectivity index (χ1n) is 7.96. The number of ether oxygens (including phenoxy) is 1. The fourth-order valence-corrected chi connectivity index (χ4v) is 2.33. The summed E-state index contributed by atoms with van der Waals surface area (Å²) in [5.41, 5.74) is 1.32. The average Bonchev–Trinajstić information content (AvgIpc) is 2.99. The van der Waals surface area contributed by atoms with Crippen LogP contribution in [0.4, 0.5) is 11.4 Å². The van der Waals surface area contributed by atoms with Gasteiger partial charge in [0.25, 0.3) is 5.91 Å². The molecular weight excluding hydrogens is 308 g/mol. The van der Waals surface area contributed by atoms with Crippen molar-refractivity contribution in [3.8, 4) is 5.75 Å². The van der Waals surface area contributed by atoms with Gasteiger partial charge < -0.3 is 19.9 Å². The van der Waals surface area contributed by atoms with Gasteiger partial charge in [-0.25, -0.2) is 0 Å². The number of anilines is 2. The second-order valence-corrected chi connectivity index (χ2v) is 7.03. The van der Waals surface area contributed by atoms with Crippen molar-refractivity contribution in [3.63, 3.8) is 0 Å². The van der Waals surface area contributed by atoms with E-state index in [9.17, 15) is 4.79 Å². The number of aromatic nitrogens is 2. The molecule has 0 unspecified atom stereocenters. The highest BCUT2D eigenvalue weighted by Gasteiger charge is 2.25. The van der Waals surface area contributed by atoms with Gasteiger partial charge in [0.15, 0.2) is 11.9 Å². The van der Waals surface area contributed by atoms with Crippen LogP contribution in [0.15, 0.2) is 22.7 Å². The van der Waals surface area contributed by atoms with E-state index in [4.69, 9.17) is 9.26 Å². The monoisotopic (exact) mass is 330 g/mol. The first kappa shape index (κ1) is 16.3. The molecule has 0 radical (unpaired) electrons. The normalized spacial score (nSPS) is 18.4. The molecule has 24 heavy (non-hydrogen) atoms. The van der Waals surface area contributed by atoms with Crippen LogP contribution in [0.1, 0.15) is 52.4 Å². The van der Waals surface area contributed by atoms with Crippen molar-refractivity contribution in [1.29, 1.82) is 0 Å². The Morgan fingerprint density at radius 3 is 2.75 bits per heavy atom. The highest BCUT2D eigenvalue weighted by atomic mass is 16.5. The smallest absolute Gasteiger partial charge is 0.265 e. The molecule has 2 aromatic rings. The van der Waals surface area contributed by atoms with Gasteiger partial charge in [-0.15, -0.1) is 0 Å². The molecule has 0 aliphatic carbocycles. The van der Waals surface area contributed by atoms with E-state index in [2.05, 4.69) is 20.8 Å². The van der Waals surface area contributed by atoms with Gasteiger partial charge >= 0.3 is 0 Å². The van der Waals surface area contributed by atoms with E-state index in [1.165, 1.54) is 0 Å². The van der Waals surface area contributed by atoms with Crippen LogP contribution in [0.5, 0.6) is 5.75 Å². The van der Waals surface area contributed by atoms with E-state index in [-0.39, 0.29) is 17.4 Å². The van der Waals surface area contributed by atoms with Crippen LogP contribution < -0.4 is 15.4 Å². The molecule has 0 bridgehead atoms. The standard InChI is InChI=1S/C17H22N4O3/c1-9(15-20-16(21-24-15)17(3,4)5)18-11-6-7-13-12(8-11)19-14(22)10(2)23-13/h6-10,18H,1-5H3,(H,19,22)/t9-,10+/m1/s1. The molecular formula is C17H22N4O3. The molecule has 7 heteroatoms. The van der Waals surface area contributed by atoms with Crippen molar-refractivity contribution >= 4 is 17.3 Å². The number of hydrogen-bond acceptors (Lipinski definition) is 6. The summed E-state index contributed by atoms with van der Waals surface area (Å²) in [6, 6.07) is 5.39. The Labute approximate surface area is 140 Å². The van der Waals surface area contributed by atoms with Crippen LogP contribution in [0.25, 0.3) is 0 Å². The zero-order valence-corrected chi connectivity index (χ0v) is 14.5. The first-order valence-corrected chi connectivity index (χ1v) is 7.96. The van der Waals surface area contributed by atoms with Gasteiger partial charge in [0, 0.05) is 11.1 Å². The van der Waals surface area contributed by atoms with Gasteiger partial charge in [-0.3, -0.25) is 4.79 Å². The molecule has 0 fully saturated rings. The Morgan fingerprint density at radius 1 is 1.33 bits per heavy atom. The molecule has 2 N–H and O–H groups in total. The van der Waals surface area contributed by atoms with E-state index in [0.29, 0.717) is 23.2 Å². The second-order valence-electron chi connectivity index (χ2n) is 7.03. The van der Waals surface area contributed by atoms with Crippen molar-refractivity contribution in [2.45, 2.75) is 52.2 Å². The summed E-state index contributed by atoms with van der Waals surface area (Å²) >= 11 is 0. The van der Waals surface area contributed by atoms with Crippen LogP contribution in [0, 0.1) is 0 Å². The van der Waals surface area contributed by atoms with Crippen molar-refractivity contribution < 1.29 is 14.1 Å². The van der Waals surface area contributed by atoms with Gasteiger partial charge in [-0.05, 0) is 32.0 Å². The minimum absolute atomic E-state index is 0.153. The fraction of sp³-hybridized carbons (Fsp3) is 0.471. The summed E-state index contributed by atoms with van der Waals surface area (Å²) in [5.74, 6) is 1.70. The van der Waals surface area contributed by atoms with Gasteiger partial charge in [0.2, 0.25) is 5.89 Å². The lowest BCUT2D eigenvalue weighted by atomic mass is 9.96. The van der Waals surface area contributed by atoms with Crippen LogP contribution in [0.2, 0.25) is 0 Å². The Hall–Kier alpha value is -2.57. The number of amides is 1. The molecule has 1 aromatic carbocycles. The molecule has 7 nitrogen and oxygen atoms in total. The molecule has 3 rings (SSSR count). The number of fused-ring (bicyclic) bond motifs is 1. The van der Waals surface area contributed by atoms with Crippen molar-refractivity contribution in [2.75, 3.05) is 10.6 Å². The SMILES string of the molecule is C[C@@H]1Oc2ccc(N[C@H](C)c3nc(C(C)(C)C)no3)cc2NC1=O. The van der Waals surface area contributed by atoms with Gasteiger partial charge in [0.05, 0.1) is 5.69 Å². The van der Waals surface area contributed by atoms with Crippen molar-refractivity contribution in [3.05, 3.63) is 29.9 Å². The molecule has 0 saturated carbocycles. The summed E-state index contributed by atoms with van der Waals surface area (Å²) in [5, 5.41) is 10.2. The van der Waals surface area contributed by atoms with Crippen LogP contribution in [-0.2, 0) is 10.2 Å². The molecule has 0 spiro atoms. The number of carbonyl (C=O) groups excluding carboxylic acids is 1. The summed E-state index contributed by atoms with van der Waals surface area (Å²) in [6.07, 6.45) is -0.482. The highest BCUT2D eigenvalue weighted by Crippen LogP contribution is 2.33. The number of hydrogen-bond donors (Lipinski definition) is 2. The number of nitrogens with zero attached hydrogens (tertiary/aromatic N) is 2. The van der Waals surface area contributed by atoms with E-state index in [1.807, 2.05) is 45.9 Å². The topological polar surface area (TPSA) is 89.3 Å². The first-order chi connectivity index (χ1) is 11.2. The molecule has 1 aliphatic heterocycles. The number of nitrogens with one attached hydrogen (secondary N) is 2. The molecule has 1 aromatic heterocycles. The maximum atomic E-state index is 11.7. The minimum Gasteiger partial charge on any atom is -0.479 e. The van der Waals surface area contributed by atoms with Gasteiger partial charge in [-0.1, -0.05) is 25.9 Å². The molecule has 2 atom stereocenters. The zero-order valence-electron chi connectivity index (χ0n) is 14.5. The van der Waals surface area contributed by atoms with Crippen LogP contribution >= 0.6 is 0 Å². The third kappa shape index (κ3) is 3.20.